The Hall–Kier alpha value is -0.0800. The lowest BCUT2D eigenvalue weighted by molar-refractivity contribution is 0.113. The first-order chi connectivity index (χ1) is 8.88. The molecule has 108 valence electrons. The Bertz CT molecular complexity index is 184. The van der Waals surface area contributed by atoms with Crippen LogP contribution in [0.1, 0.15) is 71.6 Å². The molecule has 0 aromatic heterocycles. The molecule has 2 heteroatoms. The molecule has 1 N–H and O–H groups in total. The van der Waals surface area contributed by atoms with E-state index in [1.54, 1.807) is 0 Å². The van der Waals surface area contributed by atoms with Gasteiger partial charge in [-0.25, -0.2) is 0 Å². The lowest BCUT2D eigenvalue weighted by Crippen LogP contribution is -2.33. The molecule has 0 saturated heterocycles. The minimum atomic E-state index is 0.772. The van der Waals surface area contributed by atoms with Gasteiger partial charge in [0.05, 0.1) is 0 Å². The van der Waals surface area contributed by atoms with Crippen molar-refractivity contribution in [3.63, 3.8) is 0 Å². The highest BCUT2D eigenvalue weighted by Gasteiger charge is 2.25. The molecule has 1 rings (SSSR count). The third kappa shape index (κ3) is 6.75. The second-order valence-electron chi connectivity index (χ2n) is 5.71. The lowest BCUT2D eigenvalue weighted by Gasteiger charge is -2.20. The van der Waals surface area contributed by atoms with Gasteiger partial charge in [0, 0.05) is 19.3 Å². The zero-order chi connectivity index (χ0) is 13.1. The van der Waals surface area contributed by atoms with Crippen LogP contribution in [-0.4, -0.2) is 25.8 Å². The Balaban J connectivity index is 1.97. The van der Waals surface area contributed by atoms with Crippen molar-refractivity contribution >= 4 is 0 Å². The lowest BCUT2D eigenvalue weighted by atomic mass is 10.00. The largest absolute Gasteiger partial charge is 0.381 e. The van der Waals surface area contributed by atoms with E-state index in [1.165, 1.54) is 64.3 Å². The average molecular weight is 255 g/mol. The number of hydrogen-bond acceptors (Lipinski definition) is 2. The van der Waals surface area contributed by atoms with Gasteiger partial charge in [0.15, 0.2) is 0 Å². The minimum absolute atomic E-state index is 0.772. The van der Waals surface area contributed by atoms with Crippen molar-refractivity contribution in [2.45, 2.75) is 77.7 Å². The van der Waals surface area contributed by atoms with Gasteiger partial charge in [-0.3, -0.25) is 0 Å². The van der Waals surface area contributed by atoms with Crippen molar-refractivity contribution in [3.8, 4) is 0 Å². The van der Waals surface area contributed by atoms with Gasteiger partial charge < -0.3 is 10.1 Å². The highest BCUT2D eigenvalue weighted by molar-refractivity contribution is 4.82. The van der Waals surface area contributed by atoms with E-state index in [2.05, 4.69) is 19.2 Å². The molecule has 0 amide bonds. The van der Waals surface area contributed by atoms with Crippen LogP contribution in [0, 0.1) is 5.92 Å². The van der Waals surface area contributed by atoms with Gasteiger partial charge in [0.1, 0.15) is 0 Å². The van der Waals surface area contributed by atoms with E-state index in [0.29, 0.717) is 0 Å². The number of hydrogen-bond donors (Lipinski definition) is 1. The van der Waals surface area contributed by atoms with Gasteiger partial charge in [0.2, 0.25) is 0 Å². The molecular formula is C16H33NO. The summed E-state index contributed by atoms with van der Waals surface area (Å²) in [6, 6.07) is 0.772. The van der Waals surface area contributed by atoms with Gasteiger partial charge in [0.25, 0.3) is 0 Å². The molecule has 1 aliphatic carbocycles. The van der Waals surface area contributed by atoms with Gasteiger partial charge >= 0.3 is 0 Å². The molecule has 0 aliphatic heterocycles. The standard InChI is InChI=1S/C16H33NO/c1-3-5-6-7-13-18-14-11-15-9-8-10-16(15)17-12-4-2/h15-17H,3-14H2,1-2H3. The van der Waals surface area contributed by atoms with Crippen molar-refractivity contribution in [1.82, 2.24) is 5.32 Å². The predicted molar refractivity (Wildman–Crippen MR) is 79.0 cm³/mol. The van der Waals surface area contributed by atoms with E-state index in [-0.39, 0.29) is 0 Å². The van der Waals surface area contributed by atoms with E-state index < -0.39 is 0 Å². The molecule has 1 aliphatic rings. The molecule has 0 bridgehead atoms. The molecule has 0 aromatic carbocycles. The van der Waals surface area contributed by atoms with Crippen molar-refractivity contribution < 1.29 is 4.74 Å². The topological polar surface area (TPSA) is 21.3 Å². The molecule has 1 fully saturated rings. The van der Waals surface area contributed by atoms with E-state index in [4.69, 9.17) is 4.74 Å². The maximum atomic E-state index is 5.77. The zero-order valence-corrected chi connectivity index (χ0v) is 12.5. The Morgan fingerprint density at radius 2 is 1.89 bits per heavy atom. The summed E-state index contributed by atoms with van der Waals surface area (Å²) in [5, 5.41) is 3.69. The van der Waals surface area contributed by atoms with Gasteiger partial charge in [-0.1, -0.05) is 39.5 Å². The number of rotatable bonds is 11. The minimum Gasteiger partial charge on any atom is -0.381 e. The first-order valence-corrected chi connectivity index (χ1v) is 8.19. The van der Waals surface area contributed by atoms with Crippen LogP contribution in [-0.2, 0) is 4.74 Å². The second-order valence-corrected chi connectivity index (χ2v) is 5.71. The van der Waals surface area contributed by atoms with Crippen molar-refractivity contribution in [3.05, 3.63) is 0 Å². The SMILES string of the molecule is CCCCCCOCCC1CCCC1NCCC. The summed E-state index contributed by atoms with van der Waals surface area (Å²) < 4.78 is 5.77. The number of nitrogens with one attached hydrogen (secondary N) is 1. The van der Waals surface area contributed by atoms with Crippen LogP contribution in [0.15, 0.2) is 0 Å². The monoisotopic (exact) mass is 255 g/mol. The number of unbranched alkanes of at least 4 members (excludes halogenated alkanes) is 3. The summed E-state index contributed by atoms with van der Waals surface area (Å²) in [7, 11) is 0. The maximum Gasteiger partial charge on any atom is 0.0469 e. The fraction of sp³-hybridized carbons (Fsp3) is 1.00. The van der Waals surface area contributed by atoms with Crippen LogP contribution < -0.4 is 5.32 Å². The van der Waals surface area contributed by atoms with E-state index in [9.17, 15) is 0 Å². The Morgan fingerprint density at radius 1 is 1.00 bits per heavy atom. The van der Waals surface area contributed by atoms with Crippen LogP contribution in [0.4, 0.5) is 0 Å². The van der Waals surface area contributed by atoms with E-state index >= 15 is 0 Å². The molecule has 2 atom stereocenters. The van der Waals surface area contributed by atoms with Crippen LogP contribution >= 0.6 is 0 Å². The average Bonchev–Trinajstić information content (AvgIpc) is 2.83. The summed E-state index contributed by atoms with van der Waals surface area (Å²) in [5.74, 6) is 0.868. The summed E-state index contributed by atoms with van der Waals surface area (Å²) in [6.07, 6.45) is 11.9. The summed E-state index contributed by atoms with van der Waals surface area (Å²) in [4.78, 5) is 0. The fourth-order valence-electron chi connectivity index (χ4n) is 2.95. The molecule has 18 heavy (non-hydrogen) atoms. The maximum absolute atomic E-state index is 5.77. The quantitative estimate of drug-likeness (QED) is 0.560. The van der Waals surface area contributed by atoms with Gasteiger partial charge in [-0.2, -0.15) is 0 Å². The molecule has 2 nitrogen and oxygen atoms in total. The zero-order valence-electron chi connectivity index (χ0n) is 12.5. The highest BCUT2D eigenvalue weighted by atomic mass is 16.5. The Morgan fingerprint density at radius 3 is 2.67 bits per heavy atom. The highest BCUT2D eigenvalue weighted by Crippen LogP contribution is 2.28. The summed E-state index contributed by atoms with van der Waals surface area (Å²) in [6.45, 7) is 7.63. The second kappa shape index (κ2) is 10.8. The van der Waals surface area contributed by atoms with Gasteiger partial charge in [-0.15, -0.1) is 0 Å². The molecule has 0 aromatic rings. The smallest absolute Gasteiger partial charge is 0.0469 e. The van der Waals surface area contributed by atoms with Crippen molar-refractivity contribution in [1.29, 1.82) is 0 Å². The molecule has 0 heterocycles. The van der Waals surface area contributed by atoms with Crippen LogP contribution in [0.2, 0.25) is 0 Å². The molecule has 0 spiro atoms. The predicted octanol–water partition coefficient (Wildman–Crippen LogP) is 4.14. The van der Waals surface area contributed by atoms with Crippen LogP contribution in [0.3, 0.4) is 0 Å². The molecule has 1 saturated carbocycles. The van der Waals surface area contributed by atoms with Crippen LogP contribution in [0.5, 0.6) is 0 Å². The fourth-order valence-corrected chi connectivity index (χ4v) is 2.95. The van der Waals surface area contributed by atoms with E-state index in [1.807, 2.05) is 0 Å². The number of ether oxygens (including phenoxy) is 1. The first kappa shape index (κ1) is 16.0. The van der Waals surface area contributed by atoms with Crippen molar-refractivity contribution in [2.24, 2.45) is 5.92 Å². The van der Waals surface area contributed by atoms with Crippen LogP contribution in [0.25, 0.3) is 0 Å². The summed E-state index contributed by atoms with van der Waals surface area (Å²) >= 11 is 0. The Labute approximate surface area is 114 Å². The first-order valence-electron chi connectivity index (χ1n) is 8.19. The summed E-state index contributed by atoms with van der Waals surface area (Å²) in [5.41, 5.74) is 0. The van der Waals surface area contributed by atoms with Crippen molar-refractivity contribution in [2.75, 3.05) is 19.8 Å². The Kier molecular flexibility index (Phi) is 9.59. The third-order valence-corrected chi connectivity index (χ3v) is 4.09. The third-order valence-electron chi connectivity index (χ3n) is 4.09. The molecule has 0 radical (unpaired) electrons. The normalized spacial score (nSPS) is 23.7. The molecular weight excluding hydrogens is 222 g/mol. The van der Waals surface area contributed by atoms with E-state index in [0.717, 1.165) is 25.2 Å². The molecule has 2 unspecified atom stereocenters. The van der Waals surface area contributed by atoms with Gasteiger partial charge in [-0.05, 0) is 44.6 Å².